The number of aromatic nitrogens is 1. The molecule has 0 spiro atoms. The quantitative estimate of drug-likeness (QED) is 0.892. The van der Waals surface area contributed by atoms with E-state index in [4.69, 9.17) is 10.2 Å². The Morgan fingerprint density at radius 1 is 1.39 bits per heavy atom. The zero-order valence-electron chi connectivity index (χ0n) is 11.7. The van der Waals surface area contributed by atoms with Gasteiger partial charge in [0.2, 0.25) is 0 Å². The van der Waals surface area contributed by atoms with Gasteiger partial charge in [0.25, 0.3) is 0 Å². The minimum absolute atomic E-state index is 0.0368. The molecule has 0 bridgehead atoms. The summed E-state index contributed by atoms with van der Waals surface area (Å²) in [6.07, 6.45) is 5.14. The maximum Gasteiger partial charge on any atom is 0.194 e. The number of hydrogen-bond donors (Lipinski definition) is 1. The van der Waals surface area contributed by atoms with Crippen LogP contribution in [0.5, 0.6) is 0 Å². The van der Waals surface area contributed by atoms with Crippen LogP contribution in [0.3, 0.4) is 0 Å². The molecule has 0 aliphatic carbocycles. The molecule has 1 atom stereocenters. The summed E-state index contributed by atoms with van der Waals surface area (Å²) in [5, 5.41) is 0. The Morgan fingerprint density at radius 2 is 2.06 bits per heavy atom. The van der Waals surface area contributed by atoms with Gasteiger partial charge in [-0.2, -0.15) is 0 Å². The van der Waals surface area contributed by atoms with Crippen LogP contribution in [0, 0.1) is 5.92 Å². The van der Waals surface area contributed by atoms with Crippen molar-refractivity contribution in [2.45, 2.75) is 52.1 Å². The molecule has 2 rings (SSSR count). The molecule has 102 valence electrons. The van der Waals surface area contributed by atoms with Gasteiger partial charge in [-0.05, 0) is 52.6 Å². The summed E-state index contributed by atoms with van der Waals surface area (Å²) < 4.78 is 5.50. The number of piperidine rings is 1. The molecule has 0 aromatic carbocycles. The van der Waals surface area contributed by atoms with Crippen LogP contribution < -0.4 is 5.73 Å². The predicted molar refractivity (Wildman–Crippen MR) is 72.2 cm³/mol. The highest BCUT2D eigenvalue weighted by Gasteiger charge is 2.22. The molecule has 2 N–H and O–H groups in total. The second kappa shape index (κ2) is 5.85. The van der Waals surface area contributed by atoms with Crippen LogP contribution in [0.25, 0.3) is 0 Å². The van der Waals surface area contributed by atoms with Gasteiger partial charge in [0.15, 0.2) is 5.89 Å². The summed E-state index contributed by atoms with van der Waals surface area (Å²) in [5.74, 6) is 1.56. The molecule has 0 radical (unpaired) electrons. The number of likely N-dealkylation sites (tertiary alicyclic amines) is 1. The maximum absolute atomic E-state index is 5.78. The fourth-order valence-electron chi connectivity index (χ4n) is 2.55. The third kappa shape index (κ3) is 3.33. The van der Waals surface area contributed by atoms with Crippen molar-refractivity contribution in [2.75, 3.05) is 13.1 Å². The summed E-state index contributed by atoms with van der Waals surface area (Å²) in [6.45, 7) is 8.86. The molecule has 1 aromatic heterocycles. The maximum atomic E-state index is 5.78. The second-order valence-corrected chi connectivity index (χ2v) is 5.73. The van der Waals surface area contributed by atoms with Crippen LogP contribution in [0.15, 0.2) is 10.7 Å². The van der Waals surface area contributed by atoms with Crippen LogP contribution >= 0.6 is 0 Å². The number of rotatable bonds is 4. The summed E-state index contributed by atoms with van der Waals surface area (Å²) in [7, 11) is 0. The summed E-state index contributed by atoms with van der Waals surface area (Å²) in [6, 6.07) is 0.627. The van der Waals surface area contributed by atoms with Crippen LogP contribution in [0.4, 0.5) is 0 Å². The van der Waals surface area contributed by atoms with E-state index < -0.39 is 0 Å². The van der Waals surface area contributed by atoms with Gasteiger partial charge in [0.1, 0.15) is 6.26 Å². The lowest BCUT2D eigenvalue weighted by molar-refractivity contribution is 0.146. The van der Waals surface area contributed by atoms with E-state index in [2.05, 4.69) is 23.7 Å². The van der Waals surface area contributed by atoms with Gasteiger partial charge >= 0.3 is 0 Å². The third-order valence-electron chi connectivity index (χ3n) is 3.88. The van der Waals surface area contributed by atoms with Gasteiger partial charge < -0.3 is 15.1 Å². The van der Waals surface area contributed by atoms with E-state index in [1.807, 2.05) is 6.92 Å². The molecular weight excluding hydrogens is 226 g/mol. The molecular formula is C14H25N3O. The van der Waals surface area contributed by atoms with E-state index in [-0.39, 0.29) is 6.04 Å². The molecule has 1 aliphatic heterocycles. The minimum atomic E-state index is -0.0368. The lowest BCUT2D eigenvalue weighted by Crippen LogP contribution is -2.38. The molecule has 1 fully saturated rings. The van der Waals surface area contributed by atoms with Crippen molar-refractivity contribution < 1.29 is 4.42 Å². The highest BCUT2D eigenvalue weighted by Crippen LogP contribution is 2.23. The molecule has 1 aromatic rings. The van der Waals surface area contributed by atoms with E-state index in [0.717, 1.165) is 18.0 Å². The van der Waals surface area contributed by atoms with Gasteiger partial charge in [0.05, 0.1) is 5.69 Å². The van der Waals surface area contributed by atoms with Crippen molar-refractivity contribution in [1.82, 2.24) is 9.88 Å². The third-order valence-corrected chi connectivity index (χ3v) is 3.88. The van der Waals surface area contributed by atoms with Gasteiger partial charge in [-0.15, -0.1) is 0 Å². The number of oxazole rings is 1. The number of nitrogens with two attached hydrogens (primary N) is 1. The molecule has 1 unspecified atom stereocenters. The van der Waals surface area contributed by atoms with Crippen LogP contribution in [-0.4, -0.2) is 29.0 Å². The lowest BCUT2D eigenvalue weighted by atomic mass is 9.93. The molecule has 4 nitrogen and oxygen atoms in total. The summed E-state index contributed by atoms with van der Waals surface area (Å²) in [4.78, 5) is 6.99. The van der Waals surface area contributed by atoms with Gasteiger partial charge in [-0.3, -0.25) is 0 Å². The zero-order chi connectivity index (χ0) is 13.1. The van der Waals surface area contributed by atoms with Gasteiger partial charge in [-0.1, -0.05) is 0 Å². The first-order chi connectivity index (χ1) is 8.56. The van der Waals surface area contributed by atoms with E-state index in [9.17, 15) is 0 Å². The molecule has 0 amide bonds. The average molecular weight is 251 g/mol. The fraction of sp³-hybridized carbons (Fsp3) is 0.786. The SMILES string of the molecule is CC(N)c1coc(CC2CCN(C(C)C)CC2)n1. The van der Waals surface area contributed by atoms with Crippen LogP contribution in [-0.2, 0) is 6.42 Å². The molecule has 18 heavy (non-hydrogen) atoms. The Balaban J connectivity index is 1.84. The Bertz CT molecular complexity index is 365. The second-order valence-electron chi connectivity index (χ2n) is 5.73. The Labute approximate surface area is 110 Å². The highest BCUT2D eigenvalue weighted by molar-refractivity contribution is 5.01. The Morgan fingerprint density at radius 3 is 2.56 bits per heavy atom. The number of nitrogens with zero attached hydrogens (tertiary/aromatic N) is 2. The smallest absolute Gasteiger partial charge is 0.194 e. The Kier molecular flexibility index (Phi) is 4.40. The van der Waals surface area contributed by atoms with E-state index in [1.165, 1.54) is 25.9 Å². The summed E-state index contributed by atoms with van der Waals surface area (Å²) >= 11 is 0. The van der Waals surface area contributed by atoms with Crippen molar-refractivity contribution >= 4 is 0 Å². The van der Waals surface area contributed by atoms with Crippen molar-refractivity contribution in [2.24, 2.45) is 11.7 Å². The molecule has 1 saturated heterocycles. The van der Waals surface area contributed by atoms with Crippen molar-refractivity contribution in [3.8, 4) is 0 Å². The first-order valence-corrected chi connectivity index (χ1v) is 7.00. The number of hydrogen-bond acceptors (Lipinski definition) is 4. The molecule has 2 heterocycles. The van der Waals surface area contributed by atoms with E-state index >= 15 is 0 Å². The normalized spacial score (nSPS) is 20.5. The van der Waals surface area contributed by atoms with E-state index in [0.29, 0.717) is 12.0 Å². The minimum Gasteiger partial charge on any atom is -0.449 e. The van der Waals surface area contributed by atoms with Crippen LogP contribution in [0.1, 0.15) is 51.2 Å². The van der Waals surface area contributed by atoms with Crippen molar-refractivity contribution in [1.29, 1.82) is 0 Å². The van der Waals surface area contributed by atoms with Crippen molar-refractivity contribution in [3.63, 3.8) is 0 Å². The Hall–Kier alpha value is -0.870. The monoisotopic (exact) mass is 251 g/mol. The topological polar surface area (TPSA) is 55.3 Å². The molecule has 1 aliphatic rings. The van der Waals surface area contributed by atoms with Crippen molar-refractivity contribution in [3.05, 3.63) is 17.8 Å². The van der Waals surface area contributed by atoms with Gasteiger partial charge in [-0.25, -0.2) is 4.98 Å². The van der Waals surface area contributed by atoms with Crippen LogP contribution in [0.2, 0.25) is 0 Å². The average Bonchev–Trinajstić information content (AvgIpc) is 2.78. The predicted octanol–water partition coefficient (Wildman–Crippen LogP) is 2.36. The first-order valence-electron chi connectivity index (χ1n) is 7.00. The molecule has 0 saturated carbocycles. The standard InChI is InChI=1S/C14H25N3O/c1-10(2)17-6-4-12(5-7-17)8-14-16-13(9-18-14)11(3)15/h9-12H,4-8,15H2,1-3H3. The van der Waals surface area contributed by atoms with E-state index in [1.54, 1.807) is 6.26 Å². The summed E-state index contributed by atoms with van der Waals surface area (Å²) in [5.41, 5.74) is 6.65. The lowest BCUT2D eigenvalue weighted by Gasteiger charge is -2.34. The zero-order valence-corrected chi connectivity index (χ0v) is 11.7. The highest BCUT2D eigenvalue weighted by atomic mass is 16.3. The largest absolute Gasteiger partial charge is 0.449 e. The van der Waals surface area contributed by atoms with Gasteiger partial charge in [0, 0.05) is 18.5 Å². The fourth-order valence-corrected chi connectivity index (χ4v) is 2.55. The first kappa shape index (κ1) is 13.6. The molecule has 4 heteroatoms.